The molecule has 1 aliphatic heterocycles. The SMILES string of the molecule is CCCCCC[C@H](C=O)C1C=C(c2ccccc2)Oc2ccccc21. The first kappa shape index (κ1) is 17.5. The van der Waals surface area contributed by atoms with E-state index in [4.69, 9.17) is 4.74 Å². The van der Waals surface area contributed by atoms with E-state index in [0.29, 0.717) is 0 Å². The number of para-hydroxylation sites is 1. The standard InChI is InChI=1S/C23H26O2/c1-2-3-4-6-13-19(17-24)21-16-23(18-11-7-5-8-12-18)25-22-15-10-9-14-20(21)22/h5,7-12,14-17,19,21H,2-4,6,13H2,1H3/t19-,21?/m1/s1. The molecule has 0 N–H and O–H groups in total. The number of hydrogen-bond donors (Lipinski definition) is 0. The summed E-state index contributed by atoms with van der Waals surface area (Å²) in [7, 11) is 0. The molecule has 0 fully saturated rings. The van der Waals surface area contributed by atoms with Crippen LogP contribution in [-0.4, -0.2) is 6.29 Å². The van der Waals surface area contributed by atoms with Crippen molar-refractivity contribution in [1.82, 2.24) is 0 Å². The van der Waals surface area contributed by atoms with E-state index in [0.717, 1.165) is 41.8 Å². The molecular weight excluding hydrogens is 308 g/mol. The topological polar surface area (TPSA) is 26.3 Å². The van der Waals surface area contributed by atoms with Crippen LogP contribution in [0.4, 0.5) is 0 Å². The molecule has 25 heavy (non-hydrogen) atoms. The number of rotatable bonds is 8. The average Bonchev–Trinajstić information content (AvgIpc) is 2.68. The molecule has 2 nitrogen and oxygen atoms in total. The fourth-order valence-corrected chi connectivity index (χ4v) is 3.51. The number of hydrogen-bond acceptors (Lipinski definition) is 2. The fraction of sp³-hybridized carbons (Fsp3) is 0.348. The molecule has 0 saturated carbocycles. The van der Waals surface area contributed by atoms with Gasteiger partial charge in [0.25, 0.3) is 0 Å². The van der Waals surface area contributed by atoms with E-state index in [-0.39, 0.29) is 11.8 Å². The minimum Gasteiger partial charge on any atom is -0.457 e. The molecule has 1 heterocycles. The number of benzene rings is 2. The van der Waals surface area contributed by atoms with Crippen molar-refractivity contribution in [3.63, 3.8) is 0 Å². The predicted octanol–water partition coefficient (Wildman–Crippen LogP) is 5.99. The summed E-state index contributed by atoms with van der Waals surface area (Å²) in [5.74, 6) is 1.80. The van der Waals surface area contributed by atoms with Crippen LogP contribution in [0.1, 0.15) is 56.1 Å². The molecule has 2 heteroatoms. The molecule has 0 bridgehead atoms. The lowest BCUT2D eigenvalue weighted by Gasteiger charge is -2.28. The van der Waals surface area contributed by atoms with Crippen molar-refractivity contribution in [2.45, 2.75) is 44.9 Å². The highest BCUT2D eigenvalue weighted by Crippen LogP contribution is 2.41. The number of unbranched alkanes of at least 4 members (excludes halogenated alkanes) is 3. The van der Waals surface area contributed by atoms with Gasteiger partial charge in [0.05, 0.1) is 0 Å². The van der Waals surface area contributed by atoms with Crippen LogP contribution in [0.5, 0.6) is 5.75 Å². The lowest BCUT2D eigenvalue weighted by Crippen LogP contribution is -2.18. The summed E-state index contributed by atoms with van der Waals surface area (Å²) in [6.07, 6.45) is 8.95. The number of aldehydes is 1. The highest BCUT2D eigenvalue weighted by Gasteiger charge is 2.28. The Morgan fingerprint density at radius 2 is 1.76 bits per heavy atom. The van der Waals surface area contributed by atoms with E-state index in [1.165, 1.54) is 19.3 Å². The molecule has 1 aliphatic rings. The summed E-state index contributed by atoms with van der Waals surface area (Å²) in [4.78, 5) is 11.9. The summed E-state index contributed by atoms with van der Waals surface area (Å²) in [6, 6.07) is 18.2. The second kappa shape index (κ2) is 8.66. The number of carbonyl (C=O) groups is 1. The van der Waals surface area contributed by atoms with Crippen molar-refractivity contribution < 1.29 is 9.53 Å². The summed E-state index contributed by atoms with van der Waals surface area (Å²) in [5, 5.41) is 0. The van der Waals surface area contributed by atoms with Crippen LogP contribution in [0.2, 0.25) is 0 Å². The van der Waals surface area contributed by atoms with Crippen molar-refractivity contribution in [2.24, 2.45) is 5.92 Å². The second-order valence-electron chi connectivity index (χ2n) is 6.71. The number of allylic oxidation sites excluding steroid dienone is 1. The van der Waals surface area contributed by atoms with Crippen LogP contribution in [-0.2, 0) is 4.79 Å². The largest absolute Gasteiger partial charge is 0.457 e. The maximum Gasteiger partial charge on any atom is 0.131 e. The summed E-state index contributed by atoms with van der Waals surface area (Å²) in [5.41, 5.74) is 2.17. The third-order valence-electron chi connectivity index (χ3n) is 4.91. The Morgan fingerprint density at radius 1 is 1.00 bits per heavy atom. The van der Waals surface area contributed by atoms with Gasteiger partial charge in [-0.25, -0.2) is 0 Å². The molecule has 0 saturated heterocycles. The van der Waals surface area contributed by atoms with Crippen molar-refractivity contribution in [3.8, 4) is 5.75 Å². The van der Waals surface area contributed by atoms with Gasteiger partial charge in [-0.2, -0.15) is 0 Å². The van der Waals surface area contributed by atoms with E-state index < -0.39 is 0 Å². The highest BCUT2D eigenvalue weighted by molar-refractivity contribution is 5.69. The van der Waals surface area contributed by atoms with Gasteiger partial charge in [0.1, 0.15) is 17.8 Å². The second-order valence-corrected chi connectivity index (χ2v) is 6.71. The van der Waals surface area contributed by atoms with Gasteiger partial charge in [0.2, 0.25) is 0 Å². The van der Waals surface area contributed by atoms with Crippen molar-refractivity contribution in [3.05, 3.63) is 71.8 Å². The number of ether oxygens (including phenoxy) is 1. The molecule has 0 aromatic heterocycles. The van der Waals surface area contributed by atoms with Gasteiger partial charge in [-0.15, -0.1) is 0 Å². The maximum absolute atomic E-state index is 11.9. The first-order chi connectivity index (χ1) is 12.3. The zero-order valence-electron chi connectivity index (χ0n) is 14.9. The first-order valence-corrected chi connectivity index (χ1v) is 9.32. The quantitative estimate of drug-likeness (QED) is 0.438. The Balaban J connectivity index is 1.88. The normalized spacial score (nSPS) is 17.2. The lowest BCUT2D eigenvalue weighted by molar-refractivity contribution is -0.111. The van der Waals surface area contributed by atoms with Crippen LogP contribution < -0.4 is 4.74 Å². The smallest absolute Gasteiger partial charge is 0.131 e. The third-order valence-corrected chi connectivity index (χ3v) is 4.91. The summed E-state index contributed by atoms with van der Waals surface area (Å²) in [6.45, 7) is 2.21. The van der Waals surface area contributed by atoms with Crippen LogP contribution in [0, 0.1) is 5.92 Å². The monoisotopic (exact) mass is 334 g/mol. The molecular formula is C23H26O2. The van der Waals surface area contributed by atoms with Gasteiger partial charge < -0.3 is 9.53 Å². The minimum atomic E-state index is 0.000573. The number of fused-ring (bicyclic) bond motifs is 1. The molecule has 130 valence electrons. The van der Waals surface area contributed by atoms with E-state index in [1.807, 2.05) is 48.5 Å². The van der Waals surface area contributed by atoms with Gasteiger partial charge in [0.15, 0.2) is 0 Å². The molecule has 2 aromatic rings. The first-order valence-electron chi connectivity index (χ1n) is 9.32. The van der Waals surface area contributed by atoms with Gasteiger partial charge in [-0.3, -0.25) is 0 Å². The van der Waals surface area contributed by atoms with Crippen molar-refractivity contribution in [2.75, 3.05) is 0 Å². The Kier molecular flexibility index (Phi) is 6.05. The number of carbonyl (C=O) groups excluding carboxylic acids is 1. The molecule has 3 rings (SSSR count). The molecule has 1 unspecified atom stereocenters. The molecule has 0 amide bonds. The third kappa shape index (κ3) is 4.19. The summed E-state index contributed by atoms with van der Waals surface area (Å²) >= 11 is 0. The molecule has 2 atom stereocenters. The van der Waals surface area contributed by atoms with Gasteiger partial charge in [-0.05, 0) is 18.6 Å². The van der Waals surface area contributed by atoms with Crippen molar-refractivity contribution >= 4 is 12.0 Å². The zero-order valence-corrected chi connectivity index (χ0v) is 14.9. The van der Waals surface area contributed by atoms with Crippen LogP contribution in [0.3, 0.4) is 0 Å². The molecule has 0 radical (unpaired) electrons. The van der Waals surface area contributed by atoms with E-state index in [2.05, 4.69) is 19.1 Å². The summed E-state index contributed by atoms with van der Waals surface area (Å²) < 4.78 is 6.13. The fourth-order valence-electron chi connectivity index (χ4n) is 3.51. The van der Waals surface area contributed by atoms with Crippen molar-refractivity contribution in [1.29, 1.82) is 0 Å². The van der Waals surface area contributed by atoms with E-state index >= 15 is 0 Å². The minimum absolute atomic E-state index is 0.000573. The Labute approximate surface area is 150 Å². The van der Waals surface area contributed by atoms with Crippen LogP contribution >= 0.6 is 0 Å². The van der Waals surface area contributed by atoms with Gasteiger partial charge >= 0.3 is 0 Å². The zero-order chi connectivity index (χ0) is 17.5. The molecule has 0 aliphatic carbocycles. The molecule has 2 aromatic carbocycles. The van der Waals surface area contributed by atoms with Gasteiger partial charge in [-0.1, -0.05) is 81.1 Å². The van der Waals surface area contributed by atoms with Gasteiger partial charge in [0, 0.05) is 23.0 Å². The Hall–Kier alpha value is -2.35. The average molecular weight is 334 g/mol. The predicted molar refractivity (Wildman–Crippen MR) is 103 cm³/mol. The Bertz CT molecular complexity index is 718. The van der Waals surface area contributed by atoms with Crippen LogP contribution in [0.15, 0.2) is 60.7 Å². The lowest BCUT2D eigenvalue weighted by atomic mass is 9.81. The molecule has 0 spiro atoms. The maximum atomic E-state index is 11.9. The Morgan fingerprint density at radius 3 is 2.52 bits per heavy atom. The highest BCUT2D eigenvalue weighted by atomic mass is 16.5. The van der Waals surface area contributed by atoms with E-state index in [9.17, 15) is 4.79 Å². The van der Waals surface area contributed by atoms with Crippen LogP contribution in [0.25, 0.3) is 5.76 Å². The van der Waals surface area contributed by atoms with E-state index in [1.54, 1.807) is 0 Å².